The molecular formula is C18H23N5O2S. The molecule has 0 saturated heterocycles. The number of amides is 1. The van der Waals surface area contributed by atoms with E-state index >= 15 is 0 Å². The van der Waals surface area contributed by atoms with Crippen molar-refractivity contribution < 1.29 is 9.21 Å². The van der Waals surface area contributed by atoms with E-state index in [2.05, 4.69) is 20.3 Å². The lowest BCUT2D eigenvalue weighted by molar-refractivity contribution is 0.102. The Morgan fingerprint density at radius 2 is 2.23 bits per heavy atom. The average molecular weight is 373 g/mol. The van der Waals surface area contributed by atoms with Crippen LogP contribution in [-0.4, -0.2) is 26.8 Å². The Balaban J connectivity index is 1.86. The number of thioether (sulfide) groups is 1. The van der Waals surface area contributed by atoms with Gasteiger partial charge in [-0.25, -0.2) is 9.98 Å². The van der Waals surface area contributed by atoms with Gasteiger partial charge in [-0.15, -0.1) is 0 Å². The maximum absolute atomic E-state index is 12.7. The normalized spacial score (nSPS) is 20.1. The Kier molecular flexibility index (Phi) is 5.04. The lowest BCUT2D eigenvalue weighted by Gasteiger charge is -2.28. The first-order valence-electron chi connectivity index (χ1n) is 8.52. The third kappa shape index (κ3) is 3.75. The molecule has 0 aromatic carbocycles. The first kappa shape index (κ1) is 18.4. The second-order valence-corrected chi connectivity index (χ2v) is 7.92. The van der Waals surface area contributed by atoms with Crippen LogP contribution < -0.4 is 11.1 Å². The molecule has 7 nitrogen and oxygen atoms in total. The number of carbonyl (C=O) groups is 1. The van der Waals surface area contributed by atoms with Crippen LogP contribution in [0.15, 0.2) is 27.7 Å². The van der Waals surface area contributed by atoms with Gasteiger partial charge in [-0.1, -0.05) is 25.6 Å². The number of hydrogen-bond acceptors (Lipinski definition) is 7. The summed E-state index contributed by atoms with van der Waals surface area (Å²) in [5.41, 5.74) is 7.14. The van der Waals surface area contributed by atoms with Crippen LogP contribution in [0.25, 0.3) is 0 Å². The van der Waals surface area contributed by atoms with Crippen LogP contribution in [0, 0.1) is 6.92 Å². The molecule has 0 spiro atoms. The van der Waals surface area contributed by atoms with Gasteiger partial charge in [-0.05, 0) is 25.5 Å². The molecule has 8 heteroatoms. The Morgan fingerprint density at radius 3 is 2.92 bits per heavy atom. The van der Waals surface area contributed by atoms with Gasteiger partial charge in [0.05, 0.1) is 5.69 Å². The summed E-state index contributed by atoms with van der Waals surface area (Å²) in [5, 5.41) is 3.45. The number of rotatable bonds is 4. The number of pyridine rings is 1. The van der Waals surface area contributed by atoms with Crippen LogP contribution in [0.2, 0.25) is 0 Å². The molecule has 2 aromatic rings. The molecule has 3 heterocycles. The molecule has 138 valence electrons. The van der Waals surface area contributed by atoms with Gasteiger partial charge in [0.2, 0.25) is 0 Å². The van der Waals surface area contributed by atoms with Crippen LogP contribution in [0.1, 0.15) is 60.9 Å². The molecule has 0 saturated carbocycles. The number of aliphatic imine (C=N–C) groups is 1. The zero-order chi connectivity index (χ0) is 18.9. The topological polar surface area (TPSA) is 106 Å². The van der Waals surface area contributed by atoms with Crippen molar-refractivity contribution in [2.24, 2.45) is 10.7 Å². The summed E-state index contributed by atoms with van der Waals surface area (Å²) in [6.45, 7) is 7.67. The molecule has 3 rings (SSSR count). The fourth-order valence-corrected chi connectivity index (χ4v) is 3.84. The SMILES string of the molecule is Cc1nc(C(=O)Nc2ccnc([C@]3(C)CCSC(N)=N3)c2)c(C(C)C)o1. The lowest BCUT2D eigenvalue weighted by Crippen LogP contribution is -2.29. The van der Waals surface area contributed by atoms with Gasteiger partial charge in [0, 0.05) is 30.5 Å². The number of carbonyl (C=O) groups excluding carboxylic acids is 1. The number of hydrogen-bond donors (Lipinski definition) is 2. The Labute approximate surface area is 156 Å². The average Bonchev–Trinajstić information content (AvgIpc) is 2.97. The van der Waals surface area contributed by atoms with E-state index in [1.54, 1.807) is 30.9 Å². The molecule has 0 fully saturated rings. The quantitative estimate of drug-likeness (QED) is 0.850. The van der Waals surface area contributed by atoms with Crippen LogP contribution in [-0.2, 0) is 5.54 Å². The van der Waals surface area contributed by atoms with Gasteiger partial charge in [-0.2, -0.15) is 0 Å². The van der Waals surface area contributed by atoms with Crippen molar-refractivity contribution >= 4 is 28.5 Å². The minimum absolute atomic E-state index is 0.0703. The lowest BCUT2D eigenvalue weighted by atomic mass is 9.94. The summed E-state index contributed by atoms with van der Waals surface area (Å²) in [7, 11) is 0. The van der Waals surface area contributed by atoms with Crippen LogP contribution in [0.4, 0.5) is 5.69 Å². The number of amidine groups is 1. The Bertz CT molecular complexity index is 861. The third-order valence-corrected chi connectivity index (χ3v) is 5.06. The second kappa shape index (κ2) is 7.11. The summed E-state index contributed by atoms with van der Waals surface area (Å²) in [4.78, 5) is 25.9. The summed E-state index contributed by atoms with van der Waals surface area (Å²) in [6.07, 6.45) is 2.50. The monoisotopic (exact) mass is 373 g/mol. The van der Waals surface area contributed by atoms with Crippen molar-refractivity contribution in [1.29, 1.82) is 0 Å². The van der Waals surface area contributed by atoms with Crippen molar-refractivity contribution in [2.45, 2.75) is 45.6 Å². The summed E-state index contributed by atoms with van der Waals surface area (Å²) in [6, 6.07) is 3.59. The van der Waals surface area contributed by atoms with Gasteiger partial charge in [0.15, 0.2) is 16.8 Å². The highest BCUT2D eigenvalue weighted by atomic mass is 32.2. The first-order valence-corrected chi connectivity index (χ1v) is 9.50. The second-order valence-electron chi connectivity index (χ2n) is 6.81. The number of anilines is 1. The molecule has 1 atom stereocenters. The third-order valence-electron chi connectivity index (χ3n) is 4.27. The largest absolute Gasteiger partial charge is 0.445 e. The minimum atomic E-state index is -0.482. The molecule has 0 aliphatic carbocycles. The highest BCUT2D eigenvalue weighted by Crippen LogP contribution is 2.34. The van der Waals surface area contributed by atoms with E-state index in [-0.39, 0.29) is 11.8 Å². The summed E-state index contributed by atoms with van der Waals surface area (Å²) >= 11 is 1.55. The number of aryl methyl sites for hydroxylation is 1. The van der Waals surface area contributed by atoms with E-state index in [0.717, 1.165) is 17.9 Å². The number of nitrogens with one attached hydrogen (secondary N) is 1. The van der Waals surface area contributed by atoms with Gasteiger partial charge in [0.1, 0.15) is 11.3 Å². The standard InChI is InChI=1S/C18H23N5O2S/c1-10(2)15-14(21-11(3)25-15)16(24)22-12-5-7-20-13(9-12)18(4)6-8-26-17(19)23-18/h5,7,9-10H,6,8H2,1-4H3,(H2,19,23)(H,20,22,24)/t18-/m0/s1. The number of nitrogens with zero attached hydrogens (tertiary/aromatic N) is 3. The van der Waals surface area contributed by atoms with Crippen molar-refractivity contribution in [3.63, 3.8) is 0 Å². The van der Waals surface area contributed by atoms with Crippen LogP contribution >= 0.6 is 11.8 Å². The van der Waals surface area contributed by atoms with Gasteiger partial charge >= 0.3 is 0 Å². The predicted molar refractivity (Wildman–Crippen MR) is 104 cm³/mol. The maximum Gasteiger partial charge on any atom is 0.277 e. The molecule has 3 N–H and O–H groups in total. The van der Waals surface area contributed by atoms with E-state index in [9.17, 15) is 4.79 Å². The van der Waals surface area contributed by atoms with Crippen LogP contribution in [0.5, 0.6) is 0 Å². The van der Waals surface area contributed by atoms with Crippen molar-refractivity contribution in [1.82, 2.24) is 9.97 Å². The summed E-state index contributed by atoms with van der Waals surface area (Å²) in [5.74, 6) is 1.73. The fourth-order valence-electron chi connectivity index (χ4n) is 2.86. The number of oxazole rings is 1. The zero-order valence-electron chi connectivity index (χ0n) is 15.4. The smallest absolute Gasteiger partial charge is 0.277 e. The molecular weight excluding hydrogens is 350 g/mol. The number of nitrogens with two attached hydrogens (primary N) is 1. The molecule has 0 unspecified atom stereocenters. The number of aromatic nitrogens is 2. The molecule has 26 heavy (non-hydrogen) atoms. The van der Waals surface area contributed by atoms with Gasteiger partial charge < -0.3 is 15.5 Å². The van der Waals surface area contributed by atoms with Crippen molar-refractivity contribution in [2.75, 3.05) is 11.1 Å². The molecule has 0 bridgehead atoms. The highest BCUT2D eigenvalue weighted by molar-refractivity contribution is 8.13. The molecule has 0 radical (unpaired) electrons. The summed E-state index contributed by atoms with van der Waals surface area (Å²) < 4.78 is 5.56. The van der Waals surface area contributed by atoms with Gasteiger partial charge in [0.25, 0.3) is 5.91 Å². The first-order chi connectivity index (χ1) is 12.3. The molecule has 1 aliphatic rings. The molecule has 1 aliphatic heterocycles. The fraction of sp³-hybridized carbons (Fsp3) is 0.444. The van der Waals surface area contributed by atoms with E-state index in [1.807, 2.05) is 26.8 Å². The molecule has 1 amide bonds. The zero-order valence-corrected chi connectivity index (χ0v) is 16.2. The van der Waals surface area contributed by atoms with Crippen LogP contribution in [0.3, 0.4) is 0 Å². The highest BCUT2D eigenvalue weighted by Gasteiger charge is 2.31. The van der Waals surface area contributed by atoms with E-state index < -0.39 is 5.54 Å². The molecule has 2 aromatic heterocycles. The van der Waals surface area contributed by atoms with E-state index in [4.69, 9.17) is 10.2 Å². The maximum atomic E-state index is 12.7. The van der Waals surface area contributed by atoms with Crippen molar-refractivity contribution in [3.05, 3.63) is 41.4 Å². The van der Waals surface area contributed by atoms with E-state index in [0.29, 0.717) is 28.2 Å². The predicted octanol–water partition coefficient (Wildman–Crippen LogP) is 3.42. The Morgan fingerprint density at radius 1 is 1.46 bits per heavy atom. The minimum Gasteiger partial charge on any atom is -0.445 e. The Hall–Kier alpha value is -2.35. The van der Waals surface area contributed by atoms with Gasteiger partial charge in [-0.3, -0.25) is 9.78 Å². The van der Waals surface area contributed by atoms with Crippen molar-refractivity contribution in [3.8, 4) is 0 Å². The van der Waals surface area contributed by atoms with E-state index in [1.165, 1.54) is 0 Å².